The highest BCUT2D eigenvalue weighted by Crippen LogP contribution is 2.37. The molecule has 0 amide bonds. The minimum Gasteiger partial charge on any atom is -0.379 e. The van der Waals surface area contributed by atoms with Gasteiger partial charge in [-0.15, -0.1) is 0 Å². The molecule has 6 nitrogen and oxygen atoms in total. The van der Waals surface area contributed by atoms with E-state index in [0.29, 0.717) is 29.5 Å². The summed E-state index contributed by atoms with van der Waals surface area (Å²) in [6, 6.07) is 15.9. The number of hydrogen-bond donors (Lipinski definition) is 4. The molecule has 0 radical (unpaired) electrons. The monoisotopic (exact) mass is 802 g/mol. The number of fused-ring (bicyclic) bond motifs is 2. The van der Waals surface area contributed by atoms with Crippen molar-refractivity contribution in [2.45, 2.75) is 139 Å². The molecule has 2 fully saturated rings. The van der Waals surface area contributed by atoms with Crippen LogP contribution in [-0.2, 0) is 0 Å². The summed E-state index contributed by atoms with van der Waals surface area (Å²) in [7, 11) is 0. The molecule has 0 unspecified atom stereocenters. The van der Waals surface area contributed by atoms with Crippen LogP contribution in [0.5, 0.6) is 0 Å². The zero-order valence-electron chi connectivity index (χ0n) is 32.2. The maximum atomic E-state index is 12.4. The van der Waals surface area contributed by atoms with Crippen molar-refractivity contribution in [1.82, 2.24) is 10.2 Å². The number of alkyl halides is 1. The number of ketones is 2. The van der Waals surface area contributed by atoms with Gasteiger partial charge in [-0.25, -0.2) is 0 Å². The van der Waals surface area contributed by atoms with E-state index in [0.717, 1.165) is 98.3 Å². The summed E-state index contributed by atoms with van der Waals surface area (Å²) in [4.78, 5) is 27.0. The number of thiol groups is 1. The van der Waals surface area contributed by atoms with Gasteiger partial charge in [0, 0.05) is 64.8 Å². The molecule has 296 valence electrons. The standard InChI is InChI=1S/C20H30N2O.C14H18N2O.C6H13Br.C2H6S.2CH4/c1-19(2,3)10-13-22-14-11-20(12-15-22)9-8-18(23)16-6-4-5-7-17(16)21-20;17-13-5-6-14(7-9-15-10-8-14)16-12-4-2-1-3-11(12)13;1-6(2,3)4-5-7;1-2-3;;/h4-7,21H,8-15H2,1-3H3;1-4,15-16H,5-10H2;4-5H2,1-3H3;3H,2H2,1H3;2*1H4. The molecule has 2 aromatic carbocycles. The zero-order valence-corrected chi connectivity index (χ0v) is 34.7. The van der Waals surface area contributed by atoms with Crippen molar-refractivity contribution in [3.63, 3.8) is 0 Å². The highest BCUT2D eigenvalue weighted by molar-refractivity contribution is 9.09. The van der Waals surface area contributed by atoms with Gasteiger partial charge >= 0.3 is 0 Å². The van der Waals surface area contributed by atoms with Gasteiger partial charge in [-0.3, -0.25) is 9.59 Å². The predicted octanol–water partition coefficient (Wildman–Crippen LogP) is 11.6. The number of benzene rings is 2. The summed E-state index contributed by atoms with van der Waals surface area (Å²) >= 11 is 7.17. The number of anilines is 2. The Kier molecular flexibility index (Phi) is 20.8. The Hall–Kier alpha value is -1.87. The quantitative estimate of drug-likeness (QED) is 0.183. The predicted molar refractivity (Wildman–Crippen MR) is 235 cm³/mol. The summed E-state index contributed by atoms with van der Waals surface area (Å²) in [6.07, 6.45) is 10.3. The number of halogens is 1. The highest BCUT2D eigenvalue weighted by atomic mass is 79.9. The average molecular weight is 804 g/mol. The number of rotatable bonds is 3. The van der Waals surface area contributed by atoms with Gasteiger partial charge in [-0.1, -0.05) is 104 Å². The third-order valence-electron chi connectivity index (χ3n) is 10.3. The van der Waals surface area contributed by atoms with E-state index in [1.807, 2.05) is 49.4 Å². The average Bonchev–Trinajstić information content (AvgIpc) is 3.29. The Balaban J connectivity index is 0.000000411. The second-order valence-electron chi connectivity index (χ2n) is 17.0. The third-order valence-corrected chi connectivity index (χ3v) is 10.7. The molecule has 0 atom stereocenters. The largest absolute Gasteiger partial charge is 0.379 e. The van der Waals surface area contributed by atoms with Crippen LogP contribution in [0.15, 0.2) is 48.5 Å². The van der Waals surface area contributed by atoms with Crippen LogP contribution in [0.3, 0.4) is 0 Å². The fourth-order valence-corrected chi connectivity index (χ4v) is 8.17. The lowest BCUT2D eigenvalue weighted by molar-refractivity contribution is 0.0959. The topological polar surface area (TPSA) is 73.5 Å². The van der Waals surface area contributed by atoms with Gasteiger partial charge in [0.2, 0.25) is 0 Å². The highest BCUT2D eigenvalue weighted by Gasteiger charge is 2.38. The summed E-state index contributed by atoms with van der Waals surface area (Å²) in [5.41, 5.74) is 4.95. The SMILES string of the molecule is C.C.CC(C)(C)CCBr.CC(C)(C)CCN1CCC2(CCC(=O)c3ccccc3N2)CC1.CCS.O=C1CCC2(CCNCC2)Nc2ccccc21. The van der Waals surface area contributed by atoms with Crippen molar-refractivity contribution >= 4 is 51.5 Å². The van der Waals surface area contributed by atoms with Gasteiger partial charge in [-0.2, -0.15) is 12.6 Å². The molecule has 2 spiro atoms. The number of para-hydroxylation sites is 2. The van der Waals surface area contributed by atoms with Crippen molar-refractivity contribution < 1.29 is 9.59 Å². The first-order chi connectivity index (χ1) is 23.6. The van der Waals surface area contributed by atoms with E-state index in [1.165, 1.54) is 19.4 Å². The summed E-state index contributed by atoms with van der Waals surface area (Å²) < 4.78 is 0. The fourth-order valence-electron chi connectivity index (χ4n) is 6.98. The molecule has 6 rings (SSSR count). The molecule has 0 aliphatic carbocycles. The number of carbonyl (C=O) groups excluding carboxylic acids is 2. The molecule has 52 heavy (non-hydrogen) atoms. The normalized spacial score (nSPS) is 18.9. The van der Waals surface area contributed by atoms with Gasteiger partial charge in [0.25, 0.3) is 0 Å². The second kappa shape index (κ2) is 22.5. The molecule has 0 saturated carbocycles. The lowest BCUT2D eigenvalue weighted by Gasteiger charge is -2.43. The van der Waals surface area contributed by atoms with Crippen LogP contribution in [0, 0.1) is 10.8 Å². The van der Waals surface area contributed by atoms with Crippen LogP contribution in [0.4, 0.5) is 11.4 Å². The van der Waals surface area contributed by atoms with Crippen molar-refractivity contribution in [2.24, 2.45) is 10.8 Å². The van der Waals surface area contributed by atoms with E-state index in [4.69, 9.17) is 0 Å². The van der Waals surface area contributed by atoms with Gasteiger partial charge in [0.05, 0.1) is 0 Å². The van der Waals surface area contributed by atoms with Crippen LogP contribution in [-0.4, -0.2) is 71.4 Å². The van der Waals surface area contributed by atoms with Crippen LogP contribution in [0.1, 0.15) is 148 Å². The lowest BCUT2D eigenvalue weighted by atomic mass is 9.83. The Labute approximate surface area is 333 Å². The minimum absolute atomic E-state index is 0. The number of nitrogens with one attached hydrogen (secondary N) is 3. The van der Waals surface area contributed by atoms with Gasteiger partial charge < -0.3 is 20.9 Å². The first kappa shape index (κ1) is 48.1. The molecule has 3 N–H and O–H groups in total. The van der Waals surface area contributed by atoms with Gasteiger partial charge in [0.15, 0.2) is 11.6 Å². The molecular weight excluding hydrogens is 728 g/mol. The smallest absolute Gasteiger partial charge is 0.165 e. The van der Waals surface area contributed by atoms with E-state index >= 15 is 0 Å². The van der Waals surface area contributed by atoms with Crippen molar-refractivity contribution in [1.29, 1.82) is 0 Å². The molecule has 0 aromatic heterocycles. The molecule has 0 bridgehead atoms. The Morgan fingerprint density at radius 1 is 0.692 bits per heavy atom. The maximum Gasteiger partial charge on any atom is 0.165 e. The van der Waals surface area contributed by atoms with Crippen LogP contribution in [0.25, 0.3) is 0 Å². The number of nitrogens with zero attached hydrogens (tertiary/aromatic N) is 1. The molecule has 2 aromatic rings. The second-order valence-corrected chi connectivity index (χ2v) is 18.4. The summed E-state index contributed by atoms with van der Waals surface area (Å²) in [6.45, 7) is 21.2. The molecule has 4 aliphatic heterocycles. The first-order valence-corrected chi connectivity index (χ1v) is 20.8. The van der Waals surface area contributed by atoms with E-state index in [-0.39, 0.29) is 31.7 Å². The Bertz CT molecular complexity index is 1340. The van der Waals surface area contributed by atoms with E-state index in [2.05, 4.69) is 97.0 Å². The van der Waals surface area contributed by atoms with Crippen LogP contribution in [0.2, 0.25) is 0 Å². The lowest BCUT2D eigenvalue weighted by Crippen LogP contribution is -2.49. The molecule has 4 heterocycles. The third kappa shape index (κ3) is 15.8. The van der Waals surface area contributed by atoms with E-state index < -0.39 is 0 Å². The molecule has 2 saturated heterocycles. The molecule has 8 heteroatoms. The minimum atomic E-state index is 0. The first-order valence-electron chi connectivity index (χ1n) is 19.0. The van der Waals surface area contributed by atoms with Gasteiger partial charge in [-0.05, 0) is 112 Å². The Morgan fingerprint density at radius 3 is 1.48 bits per heavy atom. The number of likely N-dealkylation sites (tertiary alicyclic amines) is 1. The number of piperidine rings is 2. The molecular formula is C44H75BrN4O2S. The van der Waals surface area contributed by atoms with Crippen molar-refractivity contribution in [2.75, 3.05) is 54.4 Å². The Morgan fingerprint density at radius 2 is 1.10 bits per heavy atom. The summed E-state index contributed by atoms with van der Waals surface area (Å²) in [5.74, 6) is 1.52. The fraction of sp³-hybridized carbons (Fsp3) is 0.682. The van der Waals surface area contributed by atoms with E-state index in [9.17, 15) is 9.59 Å². The van der Waals surface area contributed by atoms with Crippen LogP contribution < -0.4 is 16.0 Å². The summed E-state index contributed by atoms with van der Waals surface area (Å²) in [5, 5.41) is 11.9. The van der Waals surface area contributed by atoms with Crippen molar-refractivity contribution in [3.8, 4) is 0 Å². The maximum absolute atomic E-state index is 12.4. The van der Waals surface area contributed by atoms with Crippen molar-refractivity contribution in [3.05, 3.63) is 59.7 Å². The van der Waals surface area contributed by atoms with E-state index in [1.54, 1.807) is 0 Å². The number of Topliss-reactive ketones (excluding diaryl/α,β-unsaturated/α-hetero) is 2. The molecule has 4 aliphatic rings. The number of hydrogen-bond acceptors (Lipinski definition) is 7. The zero-order chi connectivity index (χ0) is 36.8. The van der Waals surface area contributed by atoms with Gasteiger partial charge in [0.1, 0.15) is 0 Å². The van der Waals surface area contributed by atoms with Crippen LogP contribution >= 0.6 is 28.6 Å². The number of carbonyl (C=O) groups is 2.